The summed E-state index contributed by atoms with van der Waals surface area (Å²) in [5, 5.41) is 26.3. The van der Waals surface area contributed by atoms with Crippen LogP contribution in [0.3, 0.4) is 0 Å². The van der Waals surface area contributed by atoms with E-state index in [0.29, 0.717) is 6.42 Å². The van der Waals surface area contributed by atoms with Crippen molar-refractivity contribution in [2.45, 2.75) is 38.3 Å². The van der Waals surface area contributed by atoms with Crippen LogP contribution in [0.5, 0.6) is 0 Å². The van der Waals surface area contributed by atoms with E-state index in [-0.39, 0.29) is 18.9 Å². The number of hydrogen-bond acceptors (Lipinski definition) is 4. The molecule has 1 heterocycles. The van der Waals surface area contributed by atoms with Crippen LogP contribution in [0.4, 0.5) is 4.79 Å². The van der Waals surface area contributed by atoms with Gasteiger partial charge < -0.3 is 20.8 Å². The molecule has 0 saturated heterocycles. The Balaban J connectivity index is 2.42. The fourth-order valence-electron chi connectivity index (χ4n) is 1.76. The summed E-state index contributed by atoms with van der Waals surface area (Å²) in [6.07, 6.45) is 0.169. The number of amides is 2. The first-order chi connectivity index (χ1) is 9.88. The van der Waals surface area contributed by atoms with Gasteiger partial charge in [-0.15, -0.1) is 0 Å². The number of carboxylic acids is 2. The maximum Gasteiger partial charge on any atom is 0.326 e. The molecule has 1 aromatic rings. The Bertz CT molecular complexity index is 489. The molecule has 1 aromatic heterocycles. The standard InChI is InChI=1S/C13H18N2O5S/c1-8(6-9-4-5-21-7-9)14-13(20)15-10(12(18)19)2-3-11(16)17/h4-5,7-8,10H,2-3,6H2,1H3,(H,16,17)(H,18,19)(H2,14,15,20)/t8?,10-/m0/s1. The molecule has 1 rings (SSSR count). The van der Waals surface area contributed by atoms with Crippen molar-refractivity contribution in [3.05, 3.63) is 22.4 Å². The van der Waals surface area contributed by atoms with Crippen LogP contribution in [0, 0.1) is 0 Å². The molecule has 4 N–H and O–H groups in total. The third-order valence-corrected chi connectivity index (χ3v) is 3.48. The number of thiophene rings is 1. The van der Waals surface area contributed by atoms with Gasteiger partial charge in [0.05, 0.1) is 0 Å². The highest BCUT2D eigenvalue weighted by molar-refractivity contribution is 7.07. The lowest BCUT2D eigenvalue weighted by molar-refractivity contribution is -0.140. The van der Waals surface area contributed by atoms with Crippen molar-refractivity contribution >= 4 is 29.3 Å². The van der Waals surface area contributed by atoms with Crippen LogP contribution in [-0.4, -0.2) is 40.3 Å². The van der Waals surface area contributed by atoms with Crippen molar-refractivity contribution < 1.29 is 24.6 Å². The van der Waals surface area contributed by atoms with Crippen LogP contribution in [0.25, 0.3) is 0 Å². The van der Waals surface area contributed by atoms with Gasteiger partial charge in [-0.1, -0.05) is 0 Å². The molecular formula is C13H18N2O5S. The number of carbonyl (C=O) groups excluding carboxylic acids is 1. The van der Waals surface area contributed by atoms with Gasteiger partial charge in [-0.25, -0.2) is 9.59 Å². The van der Waals surface area contributed by atoms with Gasteiger partial charge in [0.1, 0.15) is 6.04 Å². The van der Waals surface area contributed by atoms with E-state index in [1.165, 1.54) is 0 Å². The number of urea groups is 1. The maximum atomic E-state index is 11.7. The topological polar surface area (TPSA) is 116 Å². The molecular weight excluding hydrogens is 296 g/mol. The molecule has 0 aliphatic heterocycles. The highest BCUT2D eigenvalue weighted by Gasteiger charge is 2.21. The summed E-state index contributed by atoms with van der Waals surface area (Å²) in [6.45, 7) is 1.81. The summed E-state index contributed by atoms with van der Waals surface area (Å²) in [5.74, 6) is -2.36. The van der Waals surface area contributed by atoms with Gasteiger partial charge in [-0.05, 0) is 42.2 Å². The molecule has 2 atom stereocenters. The largest absolute Gasteiger partial charge is 0.481 e. The average molecular weight is 314 g/mol. The molecule has 116 valence electrons. The van der Waals surface area contributed by atoms with Crippen LogP contribution < -0.4 is 10.6 Å². The lowest BCUT2D eigenvalue weighted by atomic mass is 10.1. The van der Waals surface area contributed by atoms with E-state index in [0.717, 1.165) is 5.56 Å². The van der Waals surface area contributed by atoms with Crippen molar-refractivity contribution in [1.82, 2.24) is 10.6 Å². The smallest absolute Gasteiger partial charge is 0.326 e. The van der Waals surface area contributed by atoms with E-state index in [1.54, 1.807) is 11.3 Å². The van der Waals surface area contributed by atoms with Gasteiger partial charge in [0.25, 0.3) is 0 Å². The second-order valence-corrected chi connectivity index (χ2v) is 5.46. The zero-order valence-corrected chi connectivity index (χ0v) is 12.4. The molecule has 0 aromatic carbocycles. The van der Waals surface area contributed by atoms with Crippen molar-refractivity contribution in [3.8, 4) is 0 Å². The van der Waals surface area contributed by atoms with Crippen LogP contribution in [-0.2, 0) is 16.0 Å². The number of nitrogens with one attached hydrogen (secondary N) is 2. The van der Waals surface area contributed by atoms with E-state index in [1.807, 2.05) is 23.8 Å². The lowest BCUT2D eigenvalue weighted by Gasteiger charge is -2.17. The molecule has 0 bridgehead atoms. The molecule has 2 amide bonds. The summed E-state index contributed by atoms with van der Waals surface area (Å²) in [7, 11) is 0. The maximum absolute atomic E-state index is 11.7. The van der Waals surface area contributed by atoms with E-state index >= 15 is 0 Å². The van der Waals surface area contributed by atoms with Gasteiger partial charge in [-0.3, -0.25) is 4.79 Å². The first-order valence-electron chi connectivity index (χ1n) is 6.41. The summed E-state index contributed by atoms with van der Waals surface area (Å²) in [5.41, 5.74) is 1.09. The fraction of sp³-hybridized carbons (Fsp3) is 0.462. The van der Waals surface area contributed by atoms with Crippen LogP contribution in [0.2, 0.25) is 0 Å². The summed E-state index contributed by atoms with van der Waals surface area (Å²) >= 11 is 1.56. The molecule has 7 nitrogen and oxygen atoms in total. The van der Waals surface area contributed by atoms with Crippen molar-refractivity contribution in [2.75, 3.05) is 0 Å². The van der Waals surface area contributed by atoms with E-state index in [4.69, 9.17) is 10.2 Å². The minimum Gasteiger partial charge on any atom is -0.481 e. The lowest BCUT2D eigenvalue weighted by Crippen LogP contribution is -2.48. The second kappa shape index (κ2) is 8.25. The molecule has 8 heteroatoms. The number of rotatable bonds is 8. The third-order valence-electron chi connectivity index (χ3n) is 2.75. The van der Waals surface area contributed by atoms with Gasteiger partial charge in [-0.2, -0.15) is 11.3 Å². The van der Waals surface area contributed by atoms with Crippen molar-refractivity contribution in [3.63, 3.8) is 0 Å². The highest BCUT2D eigenvalue weighted by atomic mass is 32.1. The van der Waals surface area contributed by atoms with E-state index < -0.39 is 24.0 Å². The predicted octanol–water partition coefficient (Wildman–Crippen LogP) is 1.30. The van der Waals surface area contributed by atoms with Gasteiger partial charge in [0, 0.05) is 12.5 Å². The van der Waals surface area contributed by atoms with Gasteiger partial charge >= 0.3 is 18.0 Å². The predicted molar refractivity (Wildman–Crippen MR) is 77.4 cm³/mol. The molecule has 1 unspecified atom stereocenters. The highest BCUT2D eigenvalue weighted by Crippen LogP contribution is 2.08. The number of carboxylic acid groups (broad SMARTS) is 2. The molecule has 0 aliphatic rings. The average Bonchev–Trinajstić information content (AvgIpc) is 2.86. The summed E-state index contributed by atoms with van der Waals surface area (Å²) in [6, 6.07) is -0.0355. The SMILES string of the molecule is CC(Cc1ccsc1)NC(=O)N[C@@H](CCC(=O)O)C(=O)O. The Hall–Kier alpha value is -2.09. The Kier molecular flexibility index (Phi) is 6.67. The monoisotopic (exact) mass is 314 g/mol. The summed E-state index contributed by atoms with van der Waals surface area (Å²) in [4.78, 5) is 33.1. The second-order valence-electron chi connectivity index (χ2n) is 4.68. The third kappa shape index (κ3) is 6.75. The Morgan fingerprint density at radius 3 is 2.52 bits per heavy atom. The summed E-state index contributed by atoms with van der Waals surface area (Å²) < 4.78 is 0. The van der Waals surface area contributed by atoms with Crippen LogP contribution in [0.15, 0.2) is 16.8 Å². The van der Waals surface area contributed by atoms with Crippen LogP contribution >= 0.6 is 11.3 Å². The minimum atomic E-state index is -1.25. The molecule has 0 spiro atoms. The minimum absolute atomic E-state index is 0.156. The first kappa shape index (κ1) is 17.0. The van der Waals surface area contributed by atoms with E-state index in [2.05, 4.69) is 10.6 Å². The molecule has 0 fully saturated rings. The van der Waals surface area contributed by atoms with Crippen molar-refractivity contribution in [1.29, 1.82) is 0 Å². The Labute approximate surface area is 126 Å². The number of aliphatic carboxylic acids is 2. The molecule has 0 aliphatic carbocycles. The Morgan fingerprint density at radius 2 is 2.00 bits per heavy atom. The van der Waals surface area contributed by atoms with Crippen molar-refractivity contribution in [2.24, 2.45) is 0 Å². The van der Waals surface area contributed by atoms with E-state index in [9.17, 15) is 14.4 Å². The van der Waals surface area contributed by atoms with Crippen LogP contribution in [0.1, 0.15) is 25.3 Å². The number of carbonyl (C=O) groups is 3. The Morgan fingerprint density at radius 1 is 1.29 bits per heavy atom. The zero-order valence-electron chi connectivity index (χ0n) is 11.5. The molecule has 0 radical (unpaired) electrons. The van der Waals surface area contributed by atoms with Gasteiger partial charge in [0.2, 0.25) is 0 Å². The molecule has 21 heavy (non-hydrogen) atoms. The zero-order chi connectivity index (χ0) is 15.8. The fourth-order valence-corrected chi connectivity index (χ4v) is 2.44. The normalized spacial score (nSPS) is 13.2. The quantitative estimate of drug-likeness (QED) is 0.577. The van der Waals surface area contributed by atoms with Gasteiger partial charge in [0.15, 0.2) is 0 Å². The molecule has 0 saturated carbocycles. The first-order valence-corrected chi connectivity index (χ1v) is 7.35. The number of hydrogen-bond donors (Lipinski definition) is 4.